The lowest BCUT2D eigenvalue weighted by Gasteiger charge is -2.37. The zero-order valence-corrected chi connectivity index (χ0v) is 14.8. The van der Waals surface area contributed by atoms with Crippen molar-refractivity contribution < 1.29 is 8.42 Å². The van der Waals surface area contributed by atoms with E-state index in [2.05, 4.69) is 30.7 Å². The first-order chi connectivity index (χ1) is 10.9. The average molecular weight is 397 g/mol. The van der Waals surface area contributed by atoms with Crippen molar-refractivity contribution in [3.8, 4) is 0 Å². The molecule has 0 bridgehead atoms. The predicted molar refractivity (Wildman–Crippen MR) is 94.2 cm³/mol. The standard InChI is InChI=1S/C15H17BrN4O2S/c16-14-2-1-7-18-15(14)20-10-8-19(9-11-20)12-3-5-13(6-4-12)23(17,21)22/h1-7H,8-11H2,(H2,17,21,22). The van der Waals surface area contributed by atoms with Crippen molar-refractivity contribution in [2.75, 3.05) is 36.0 Å². The summed E-state index contributed by atoms with van der Waals surface area (Å²) < 4.78 is 23.6. The number of hydrogen-bond acceptors (Lipinski definition) is 5. The highest BCUT2D eigenvalue weighted by molar-refractivity contribution is 9.10. The lowest BCUT2D eigenvalue weighted by molar-refractivity contribution is 0.597. The Labute approximate surface area is 144 Å². The van der Waals surface area contributed by atoms with E-state index in [0.29, 0.717) is 0 Å². The van der Waals surface area contributed by atoms with E-state index in [1.165, 1.54) is 0 Å². The number of piperazine rings is 1. The Bertz CT molecular complexity index is 787. The van der Waals surface area contributed by atoms with Gasteiger partial charge in [0.2, 0.25) is 10.0 Å². The van der Waals surface area contributed by atoms with Crippen LogP contribution in [0.15, 0.2) is 52.0 Å². The first-order valence-corrected chi connectivity index (χ1v) is 9.52. The Kier molecular flexibility index (Phi) is 4.56. The molecular formula is C15H17BrN4O2S. The zero-order valence-electron chi connectivity index (χ0n) is 12.4. The number of hydrogen-bond donors (Lipinski definition) is 1. The predicted octanol–water partition coefficient (Wildman–Crippen LogP) is 1.82. The van der Waals surface area contributed by atoms with Gasteiger partial charge in [-0.05, 0) is 52.3 Å². The van der Waals surface area contributed by atoms with Gasteiger partial charge in [-0.3, -0.25) is 0 Å². The summed E-state index contributed by atoms with van der Waals surface area (Å²) in [5, 5.41) is 5.12. The van der Waals surface area contributed by atoms with Gasteiger partial charge in [0.05, 0.1) is 9.37 Å². The molecule has 23 heavy (non-hydrogen) atoms. The third-order valence-corrected chi connectivity index (χ3v) is 5.40. The summed E-state index contributed by atoms with van der Waals surface area (Å²) in [5.41, 5.74) is 0.997. The van der Waals surface area contributed by atoms with E-state index in [1.807, 2.05) is 12.1 Å². The fourth-order valence-corrected chi connectivity index (χ4v) is 3.65. The summed E-state index contributed by atoms with van der Waals surface area (Å²) in [5.74, 6) is 0.955. The molecule has 0 unspecified atom stereocenters. The van der Waals surface area contributed by atoms with Crippen LogP contribution in [0.5, 0.6) is 0 Å². The molecule has 1 aromatic carbocycles. The molecule has 0 amide bonds. The summed E-state index contributed by atoms with van der Waals surface area (Å²) in [6, 6.07) is 10.6. The maximum Gasteiger partial charge on any atom is 0.238 e. The number of nitrogens with zero attached hydrogens (tertiary/aromatic N) is 3. The highest BCUT2D eigenvalue weighted by Gasteiger charge is 2.20. The van der Waals surface area contributed by atoms with E-state index < -0.39 is 10.0 Å². The number of nitrogens with two attached hydrogens (primary N) is 1. The zero-order chi connectivity index (χ0) is 16.4. The van der Waals surface area contributed by atoms with Crippen molar-refractivity contribution in [3.63, 3.8) is 0 Å². The van der Waals surface area contributed by atoms with Gasteiger partial charge in [0, 0.05) is 38.1 Å². The smallest absolute Gasteiger partial charge is 0.238 e. The van der Waals surface area contributed by atoms with Gasteiger partial charge in [0.15, 0.2) is 0 Å². The maximum absolute atomic E-state index is 11.3. The number of pyridine rings is 1. The number of sulfonamides is 1. The molecule has 2 aromatic rings. The fourth-order valence-electron chi connectivity index (χ4n) is 2.63. The summed E-state index contributed by atoms with van der Waals surface area (Å²) in [7, 11) is -3.64. The third kappa shape index (κ3) is 3.65. The Balaban J connectivity index is 1.68. The molecule has 0 aliphatic carbocycles. The van der Waals surface area contributed by atoms with Crippen molar-refractivity contribution in [2.45, 2.75) is 4.90 Å². The van der Waals surface area contributed by atoms with Gasteiger partial charge in [-0.25, -0.2) is 18.5 Å². The van der Waals surface area contributed by atoms with Crippen molar-refractivity contribution in [3.05, 3.63) is 47.1 Å². The molecule has 1 fully saturated rings. The molecule has 0 spiro atoms. The van der Waals surface area contributed by atoms with Gasteiger partial charge < -0.3 is 9.80 Å². The average Bonchev–Trinajstić information content (AvgIpc) is 2.55. The molecular weight excluding hydrogens is 380 g/mol. The largest absolute Gasteiger partial charge is 0.368 e. The van der Waals surface area contributed by atoms with Crippen LogP contribution in [-0.2, 0) is 10.0 Å². The summed E-state index contributed by atoms with van der Waals surface area (Å²) in [6.07, 6.45) is 1.79. The van der Waals surface area contributed by atoms with Crippen LogP contribution in [0.3, 0.4) is 0 Å². The Morgan fingerprint density at radius 2 is 1.61 bits per heavy atom. The van der Waals surface area contributed by atoms with Gasteiger partial charge in [-0.1, -0.05) is 0 Å². The minimum absolute atomic E-state index is 0.136. The Morgan fingerprint density at radius 1 is 1.00 bits per heavy atom. The van der Waals surface area contributed by atoms with Crippen molar-refractivity contribution in [1.29, 1.82) is 0 Å². The minimum Gasteiger partial charge on any atom is -0.368 e. The highest BCUT2D eigenvalue weighted by atomic mass is 79.9. The van der Waals surface area contributed by atoms with Crippen LogP contribution < -0.4 is 14.9 Å². The van der Waals surface area contributed by atoms with Crippen LogP contribution in [0.1, 0.15) is 0 Å². The number of rotatable bonds is 3. The van der Waals surface area contributed by atoms with E-state index in [4.69, 9.17) is 5.14 Å². The molecule has 122 valence electrons. The topological polar surface area (TPSA) is 79.5 Å². The summed E-state index contributed by atoms with van der Waals surface area (Å²) in [4.78, 5) is 9.01. The molecule has 3 rings (SSSR count). The van der Waals surface area contributed by atoms with Gasteiger partial charge in [0.25, 0.3) is 0 Å². The lowest BCUT2D eigenvalue weighted by Crippen LogP contribution is -2.47. The van der Waals surface area contributed by atoms with Crippen LogP contribution >= 0.6 is 15.9 Å². The number of anilines is 2. The molecule has 2 heterocycles. The van der Waals surface area contributed by atoms with Gasteiger partial charge in [-0.2, -0.15) is 0 Å². The van der Waals surface area contributed by atoms with E-state index >= 15 is 0 Å². The van der Waals surface area contributed by atoms with Gasteiger partial charge in [-0.15, -0.1) is 0 Å². The first-order valence-electron chi connectivity index (χ1n) is 7.18. The van der Waals surface area contributed by atoms with E-state index in [1.54, 1.807) is 30.5 Å². The summed E-state index contributed by atoms with van der Waals surface area (Å²) >= 11 is 3.53. The molecule has 2 N–H and O–H groups in total. The van der Waals surface area contributed by atoms with Crippen LogP contribution in [0.2, 0.25) is 0 Å². The molecule has 0 atom stereocenters. The van der Waals surface area contributed by atoms with Crippen molar-refractivity contribution in [2.24, 2.45) is 5.14 Å². The summed E-state index contributed by atoms with van der Waals surface area (Å²) in [6.45, 7) is 3.40. The molecule has 1 aromatic heterocycles. The Hall–Kier alpha value is -1.64. The van der Waals surface area contributed by atoms with Crippen LogP contribution in [0.25, 0.3) is 0 Å². The first kappa shape index (κ1) is 16.2. The van der Waals surface area contributed by atoms with Crippen LogP contribution in [-0.4, -0.2) is 39.6 Å². The second-order valence-electron chi connectivity index (χ2n) is 5.32. The maximum atomic E-state index is 11.3. The minimum atomic E-state index is -3.64. The van der Waals surface area contributed by atoms with Crippen molar-refractivity contribution >= 4 is 37.5 Å². The molecule has 8 heteroatoms. The van der Waals surface area contributed by atoms with Crippen LogP contribution in [0, 0.1) is 0 Å². The third-order valence-electron chi connectivity index (χ3n) is 3.85. The number of benzene rings is 1. The van der Waals surface area contributed by atoms with E-state index in [9.17, 15) is 8.42 Å². The van der Waals surface area contributed by atoms with Gasteiger partial charge >= 0.3 is 0 Å². The number of aromatic nitrogens is 1. The van der Waals surface area contributed by atoms with E-state index in [-0.39, 0.29) is 4.90 Å². The molecule has 6 nitrogen and oxygen atoms in total. The molecule has 0 saturated carbocycles. The van der Waals surface area contributed by atoms with E-state index in [0.717, 1.165) is 42.2 Å². The van der Waals surface area contributed by atoms with Crippen LogP contribution in [0.4, 0.5) is 11.5 Å². The fraction of sp³-hybridized carbons (Fsp3) is 0.267. The monoisotopic (exact) mass is 396 g/mol. The second kappa shape index (κ2) is 6.46. The number of primary sulfonamides is 1. The highest BCUT2D eigenvalue weighted by Crippen LogP contribution is 2.25. The molecule has 0 radical (unpaired) electrons. The Morgan fingerprint density at radius 3 is 2.17 bits per heavy atom. The lowest BCUT2D eigenvalue weighted by atomic mass is 10.2. The van der Waals surface area contributed by atoms with Gasteiger partial charge in [0.1, 0.15) is 5.82 Å². The molecule has 1 aliphatic rings. The molecule has 1 aliphatic heterocycles. The van der Waals surface area contributed by atoms with Crippen molar-refractivity contribution in [1.82, 2.24) is 4.98 Å². The quantitative estimate of drug-likeness (QED) is 0.855. The SMILES string of the molecule is NS(=O)(=O)c1ccc(N2CCN(c3ncccc3Br)CC2)cc1. The normalized spacial score (nSPS) is 15.7. The number of halogens is 1. The molecule has 1 saturated heterocycles. The second-order valence-corrected chi connectivity index (χ2v) is 7.74.